The summed E-state index contributed by atoms with van der Waals surface area (Å²) >= 11 is 1.37. The number of hydrogen-bond acceptors (Lipinski definition) is 5. The van der Waals surface area contributed by atoms with Gasteiger partial charge in [0, 0.05) is 5.56 Å². The molecule has 3 aromatic carbocycles. The van der Waals surface area contributed by atoms with Crippen molar-refractivity contribution >= 4 is 44.2 Å². The van der Waals surface area contributed by atoms with Gasteiger partial charge in [-0.05, 0) is 36.6 Å². The first kappa shape index (κ1) is 20.3. The first-order chi connectivity index (χ1) is 15.5. The highest BCUT2D eigenvalue weighted by molar-refractivity contribution is 7.22. The molecule has 0 spiro atoms. The molecule has 0 N–H and O–H groups in total. The van der Waals surface area contributed by atoms with E-state index >= 15 is 0 Å². The Morgan fingerprint density at radius 1 is 0.938 bits per heavy atom. The van der Waals surface area contributed by atoms with Crippen LogP contribution < -0.4 is 4.90 Å². The van der Waals surface area contributed by atoms with Crippen molar-refractivity contribution in [2.45, 2.75) is 19.9 Å². The maximum Gasteiger partial charge on any atom is 0.297 e. The largest absolute Gasteiger partial charge is 0.297 e. The van der Waals surface area contributed by atoms with E-state index in [9.17, 15) is 14.4 Å². The van der Waals surface area contributed by atoms with Gasteiger partial charge in [0.05, 0.1) is 16.3 Å². The average molecular weight is 441 g/mol. The molecule has 32 heavy (non-hydrogen) atoms. The van der Waals surface area contributed by atoms with Crippen LogP contribution in [0.2, 0.25) is 0 Å². The molecule has 0 aliphatic carbocycles. The molecule has 1 fully saturated rings. The number of benzene rings is 3. The maximum absolute atomic E-state index is 13.4. The molecule has 6 heteroatoms. The molecule has 1 aliphatic rings. The highest BCUT2D eigenvalue weighted by Gasteiger charge is 2.53. The first-order valence-corrected chi connectivity index (χ1v) is 11.2. The predicted octanol–water partition coefficient (Wildman–Crippen LogP) is 5.07. The van der Waals surface area contributed by atoms with E-state index < -0.39 is 23.7 Å². The van der Waals surface area contributed by atoms with E-state index in [2.05, 4.69) is 0 Å². The minimum Gasteiger partial charge on any atom is -0.293 e. The van der Waals surface area contributed by atoms with E-state index in [1.54, 1.807) is 24.3 Å². The smallest absolute Gasteiger partial charge is 0.293 e. The second kappa shape index (κ2) is 7.80. The van der Waals surface area contributed by atoms with E-state index in [0.29, 0.717) is 10.7 Å². The quantitative estimate of drug-likeness (QED) is 0.252. The number of Topliss-reactive ketones (excluding diaryl/α,β-unsaturated/α-hetero) is 2. The van der Waals surface area contributed by atoms with Gasteiger partial charge < -0.3 is 0 Å². The number of carbonyl (C=O) groups excluding carboxylic acids is 3. The third kappa shape index (κ3) is 3.24. The molecule has 0 saturated carbocycles. The number of amides is 1. The SMILES string of the molecule is Cc1cc(C)c2nc(N3C(=O)C(=O)C(C(=O)c4ccccc4)C3c3ccccc3)sc2c1. The standard InChI is InChI=1S/C26H20N2O3S/c1-15-13-16(2)21-19(14-15)32-26(27-21)28-22(17-9-5-3-6-10-17)20(24(30)25(28)31)23(29)18-11-7-4-8-12-18/h3-14,20,22H,1-2H3. The van der Waals surface area contributed by atoms with Gasteiger partial charge in [-0.1, -0.05) is 78.1 Å². The lowest BCUT2D eigenvalue weighted by Crippen LogP contribution is -2.30. The summed E-state index contributed by atoms with van der Waals surface area (Å²) in [5.41, 5.74) is 4.06. The molecule has 5 nitrogen and oxygen atoms in total. The van der Waals surface area contributed by atoms with Crippen molar-refractivity contribution in [2.75, 3.05) is 4.90 Å². The Hall–Kier alpha value is -3.64. The minimum absolute atomic E-state index is 0.353. The van der Waals surface area contributed by atoms with Gasteiger partial charge in [0.1, 0.15) is 5.92 Å². The Morgan fingerprint density at radius 3 is 2.28 bits per heavy atom. The zero-order valence-electron chi connectivity index (χ0n) is 17.6. The lowest BCUT2D eigenvalue weighted by molar-refractivity contribution is -0.135. The van der Waals surface area contributed by atoms with Gasteiger partial charge in [-0.2, -0.15) is 0 Å². The van der Waals surface area contributed by atoms with Crippen LogP contribution in [0.5, 0.6) is 0 Å². The second-order valence-electron chi connectivity index (χ2n) is 8.03. The lowest BCUT2D eigenvalue weighted by atomic mass is 9.86. The molecule has 0 radical (unpaired) electrons. The molecule has 158 valence electrons. The summed E-state index contributed by atoms with van der Waals surface area (Å²) in [7, 11) is 0. The van der Waals surface area contributed by atoms with Crippen LogP contribution in [-0.4, -0.2) is 22.5 Å². The van der Waals surface area contributed by atoms with Gasteiger partial charge in [0.2, 0.25) is 5.78 Å². The Morgan fingerprint density at radius 2 is 1.59 bits per heavy atom. The third-order valence-corrected chi connectivity index (χ3v) is 6.81. The molecular formula is C26H20N2O3S. The van der Waals surface area contributed by atoms with Crippen molar-refractivity contribution in [1.82, 2.24) is 4.98 Å². The van der Waals surface area contributed by atoms with Crippen LogP contribution in [0.1, 0.15) is 33.1 Å². The van der Waals surface area contributed by atoms with Crippen molar-refractivity contribution in [1.29, 1.82) is 0 Å². The number of fused-ring (bicyclic) bond motifs is 1. The number of aryl methyl sites for hydroxylation is 2. The van der Waals surface area contributed by atoms with Crippen molar-refractivity contribution in [3.05, 3.63) is 95.1 Å². The Kier molecular flexibility index (Phi) is 4.94. The molecule has 1 amide bonds. The minimum atomic E-state index is -1.12. The number of aromatic nitrogens is 1. The molecule has 1 aromatic heterocycles. The van der Waals surface area contributed by atoms with Crippen LogP contribution in [0.25, 0.3) is 10.2 Å². The molecule has 0 bridgehead atoms. The zero-order valence-corrected chi connectivity index (χ0v) is 18.4. The third-order valence-electron chi connectivity index (χ3n) is 5.81. The summed E-state index contributed by atoms with van der Waals surface area (Å²) in [5, 5.41) is 0.435. The number of rotatable bonds is 4. The highest BCUT2D eigenvalue weighted by Crippen LogP contribution is 2.44. The van der Waals surface area contributed by atoms with E-state index in [4.69, 9.17) is 4.98 Å². The molecule has 2 unspecified atom stereocenters. The number of thiazole rings is 1. The summed E-state index contributed by atoms with van der Waals surface area (Å²) in [6.45, 7) is 3.99. The van der Waals surface area contributed by atoms with E-state index in [0.717, 1.165) is 26.9 Å². The van der Waals surface area contributed by atoms with Crippen molar-refractivity contribution in [2.24, 2.45) is 5.92 Å². The number of hydrogen-bond donors (Lipinski definition) is 0. The summed E-state index contributed by atoms with van der Waals surface area (Å²) in [4.78, 5) is 46.0. The van der Waals surface area contributed by atoms with Crippen molar-refractivity contribution in [3.8, 4) is 0 Å². The van der Waals surface area contributed by atoms with Crippen molar-refractivity contribution in [3.63, 3.8) is 0 Å². The fourth-order valence-electron chi connectivity index (χ4n) is 4.37. The van der Waals surface area contributed by atoms with E-state index in [1.165, 1.54) is 16.2 Å². The summed E-state index contributed by atoms with van der Waals surface area (Å²) < 4.78 is 0.947. The van der Waals surface area contributed by atoms with Gasteiger partial charge in [-0.15, -0.1) is 0 Å². The Balaban J connectivity index is 1.68. The zero-order chi connectivity index (χ0) is 22.4. The molecule has 2 atom stereocenters. The van der Waals surface area contributed by atoms with E-state index in [-0.39, 0.29) is 5.78 Å². The van der Waals surface area contributed by atoms with E-state index in [1.807, 2.05) is 62.4 Å². The van der Waals surface area contributed by atoms with Gasteiger partial charge in [-0.25, -0.2) is 4.98 Å². The molecule has 5 rings (SSSR count). The Bertz CT molecular complexity index is 1360. The van der Waals surface area contributed by atoms with Gasteiger partial charge in [-0.3, -0.25) is 19.3 Å². The first-order valence-electron chi connectivity index (χ1n) is 10.3. The monoisotopic (exact) mass is 440 g/mol. The highest BCUT2D eigenvalue weighted by atomic mass is 32.1. The molecule has 1 aliphatic heterocycles. The molecule has 2 heterocycles. The van der Waals surface area contributed by atoms with Crippen LogP contribution in [0.4, 0.5) is 5.13 Å². The second-order valence-corrected chi connectivity index (χ2v) is 9.04. The van der Waals surface area contributed by atoms with Gasteiger partial charge >= 0.3 is 0 Å². The topological polar surface area (TPSA) is 67.3 Å². The maximum atomic E-state index is 13.4. The van der Waals surface area contributed by atoms with Gasteiger partial charge in [0.15, 0.2) is 10.9 Å². The van der Waals surface area contributed by atoms with Crippen LogP contribution in [0.3, 0.4) is 0 Å². The molecular weight excluding hydrogens is 420 g/mol. The van der Waals surface area contributed by atoms with Crippen LogP contribution in [-0.2, 0) is 9.59 Å². The normalized spacial score (nSPS) is 18.5. The predicted molar refractivity (Wildman–Crippen MR) is 125 cm³/mol. The fourth-order valence-corrected chi connectivity index (χ4v) is 5.55. The van der Waals surface area contributed by atoms with Gasteiger partial charge in [0.25, 0.3) is 5.91 Å². The van der Waals surface area contributed by atoms with Crippen LogP contribution >= 0.6 is 11.3 Å². The Labute approximate surface area is 189 Å². The van der Waals surface area contributed by atoms with Crippen LogP contribution in [0, 0.1) is 19.8 Å². The summed E-state index contributed by atoms with van der Waals surface area (Å²) in [6.07, 6.45) is 0. The molecule has 1 saturated heterocycles. The lowest BCUT2D eigenvalue weighted by Gasteiger charge is -2.25. The van der Waals surface area contributed by atoms with Crippen LogP contribution in [0.15, 0.2) is 72.8 Å². The average Bonchev–Trinajstić information content (AvgIpc) is 3.33. The number of ketones is 2. The summed E-state index contributed by atoms with van der Waals surface area (Å²) in [5.74, 6) is -2.86. The number of nitrogens with zero attached hydrogens (tertiary/aromatic N) is 2. The molecule has 4 aromatic rings. The van der Waals surface area contributed by atoms with Crippen molar-refractivity contribution < 1.29 is 14.4 Å². The fraction of sp³-hybridized carbons (Fsp3) is 0.154. The number of anilines is 1. The summed E-state index contributed by atoms with van der Waals surface area (Å²) in [6, 6.07) is 21.2. The number of carbonyl (C=O) groups is 3.